The largest absolute Gasteiger partial charge is 1.00 e. The molecule has 4 fully saturated rings. The second kappa shape index (κ2) is 9.94. The van der Waals surface area contributed by atoms with Crippen LogP contribution in [0.15, 0.2) is 59.0 Å². The average Bonchev–Trinajstić information content (AvgIpc) is 3.10. The van der Waals surface area contributed by atoms with E-state index in [2.05, 4.69) is 24.3 Å². The Balaban J connectivity index is 0.00000253. The molecule has 2 bridgehead atoms. The van der Waals surface area contributed by atoms with Crippen LogP contribution in [0.25, 0.3) is 11.1 Å². The van der Waals surface area contributed by atoms with Crippen molar-refractivity contribution in [1.82, 2.24) is 4.98 Å². The Kier molecular flexibility index (Phi) is 6.91. The topological polar surface area (TPSA) is 52.3 Å². The van der Waals surface area contributed by atoms with Gasteiger partial charge in [0.25, 0.3) is 5.89 Å². The van der Waals surface area contributed by atoms with Crippen LogP contribution in [0, 0.1) is 5.92 Å². The van der Waals surface area contributed by atoms with Gasteiger partial charge in [-0.3, -0.25) is 4.79 Å². The van der Waals surface area contributed by atoms with Crippen LogP contribution >= 0.6 is 0 Å². The van der Waals surface area contributed by atoms with Gasteiger partial charge in [-0.05, 0) is 30.5 Å². The van der Waals surface area contributed by atoms with Crippen LogP contribution in [0.3, 0.4) is 0 Å². The zero-order chi connectivity index (χ0) is 23.0. The molecule has 186 valence electrons. The third-order valence-corrected chi connectivity index (χ3v) is 8.78. The summed E-state index contributed by atoms with van der Waals surface area (Å²) in [6.45, 7) is 3.88. The molecule has 0 unspecified atom stereocenters. The van der Waals surface area contributed by atoms with Crippen LogP contribution in [0.2, 0.25) is 0 Å². The van der Waals surface area contributed by atoms with Crippen LogP contribution in [0.4, 0.5) is 0 Å². The van der Waals surface area contributed by atoms with Crippen LogP contribution in [-0.2, 0) is 21.5 Å². The maximum Gasteiger partial charge on any atom is 0.317 e. The Labute approximate surface area is 213 Å². The zero-order valence-electron chi connectivity index (χ0n) is 20.3. The Bertz CT molecular complexity index is 1110. The number of carbonyl (C=O) groups is 1. The van der Waals surface area contributed by atoms with E-state index in [1.165, 1.54) is 12.8 Å². The minimum atomic E-state index is -0.491. The number of para-hydroxylation sites is 2. The fourth-order valence-electron chi connectivity index (χ4n) is 6.80. The lowest BCUT2D eigenvalue weighted by molar-refractivity contribution is -0.959. The van der Waals surface area contributed by atoms with Gasteiger partial charge in [-0.15, -0.1) is 0 Å². The highest BCUT2D eigenvalue weighted by Crippen LogP contribution is 2.42. The lowest BCUT2D eigenvalue weighted by atomic mass is 9.74. The molecule has 3 aromatic rings. The van der Waals surface area contributed by atoms with Gasteiger partial charge in [0.05, 0.1) is 18.5 Å². The lowest BCUT2D eigenvalue weighted by Gasteiger charge is -2.51. The van der Waals surface area contributed by atoms with Crippen molar-refractivity contribution in [1.29, 1.82) is 0 Å². The van der Waals surface area contributed by atoms with Crippen molar-refractivity contribution < 1.29 is 30.8 Å². The number of ether oxygens (including phenoxy) is 1. The number of hydrogen-bond acceptors (Lipinski definition) is 4. The number of hydrogen-bond donors (Lipinski definition) is 0. The molecule has 0 spiro atoms. The minimum absolute atomic E-state index is 0. The summed E-state index contributed by atoms with van der Waals surface area (Å²) in [5.41, 5.74) is 2.42. The van der Waals surface area contributed by atoms with Crippen molar-refractivity contribution in [2.24, 2.45) is 5.92 Å². The van der Waals surface area contributed by atoms with E-state index in [1.807, 2.05) is 30.3 Å². The second-order valence-corrected chi connectivity index (χ2v) is 10.8. The zero-order valence-corrected chi connectivity index (χ0v) is 21.1. The summed E-state index contributed by atoms with van der Waals surface area (Å²) in [4.78, 5) is 18.7. The first kappa shape index (κ1) is 24.3. The molecule has 7 rings (SSSR count). The van der Waals surface area contributed by atoms with E-state index in [0.717, 1.165) is 91.7 Å². The molecule has 35 heavy (non-hydrogen) atoms. The number of quaternary nitrogens is 1. The van der Waals surface area contributed by atoms with Crippen LogP contribution in [-0.4, -0.2) is 41.2 Å². The van der Waals surface area contributed by atoms with Crippen LogP contribution in [0.5, 0.6) is 0 Å². The number of piperidine rings is 3. The number of fused-ring (bicyclic) bond motifs is 4. The first-order chi connectivity index (χ1) is 16.7. The molecule has 4 aliphatic rings. The van der Waals surface area contributed by atoms with Gasteiger partial charge in [0.15, 0.2) is 18.2 Å². The van der Waals surface area contributed by atoms with Gasteiger partial charge in [0.1, 0.15) is 12.1 Å². The van der Waals surface area contributed by atoms with E-state index in [9.17, 15) is 4.79 Å². The van der Waals surface area contributed by atoms with E-state index in [4.69, 9.17) is 14.1 Å². The summed E-state index contributed by atoms with van der Waals surface area (Å²) in [7, 11) is 0. The molecular weight excluding hydrogens is 460 g/mol. The van der Waals surface area contributed by atoms with E-state index in [1.54, 1.807) is 0 Å². The predicted octanol–water partition coefficient (Wildman–Crippen LogP) is 2.78. The van der Waals surface area contributed by atoms with Crippen molar-refractivity contribution in [2.45, 2.75) is 69.4 Å². The number of rotatable bonds is 5. The molecule has 1 saturated carbocycles. The fraction of sp³-hybridized carbons (Fsp3) is 0.517. The SMILES string of the molecule is O=C(O[C@H]1C[N+]2(Cc3nc4ccccc4o3)CCC1CC2)C1(c2ccccc2)CCCCCC1.[Cl-]. The summed E-state index contributed by atoms with van der Waals surface area (Å²) in [6.07, 6.45) is 8.60. The quantitative estimate of drug-likeness (QED) is 0.311. The number of aromatic nitrogens is 1. The average molecular weight is 495 g/mol. The number of halogens is 1. The molecule has 0 N–H and O–H groups in total. The molecule has 1 atom stereocenters. The van der Waals surface area contributed by atoms with Gasteiger partial charge >= 0.3 is 5.97 Å². The first-order valence-electron chi connectivity index (χ1n) is 13.1. The van der Waals surface area contributed by atoms with Gasteiger partial charge in [0.2, 0.25) is 0 Å². The Hall–Kier alpha value is -2.37. The van der Waals surface area contributed by atoms with Gasteiger partial charge in [-0.2, -0.15) is 0 Å². The number of esters is 1. The highest BCUT2D eigenvalue weighted by molar-refractivity contribution is 5.83. The van der Waals surface area contributed by atoms with Crippen molar-refractivity contribution in [3.8, 4) is 0 Å². The van der Waals surface area contributed by atoms with Crippen molar-refractivity contribution in [3.63, 3.8) is 0 Å². The van der Waals surface area contributed by atoms with E-state index < -0.39 is 5.41 Å². The molecule has 5 nitrogen and oxygen atoms in total. The maximum atomic E-state index is 13.9. The van der Waals surface area contributed by atoms with Crippen molar-refractivity contribution in [3.05, 3.63) is 66.1 Å². The monoisotopic (exact) mass is 494 g/mol. The summed E-state index contributed by atoms with van der Waals surface area (Å²) in [5.74, 6) is 1.29. The molecule has 3 aliphatic heterocycles. The predicted molar refractivity (Wildman–Crippen MR) is 131 cm³/mol. The highest BCUT2D eigenvalue weighted by Gasteiger charge is 2.50. The minimum Gasteiger partial charge on any atom is -1.00 e. The number of carbonyl (C=O) groups excluding carboxylic acids is 1. The summed E-state index contributed by atoms with van der Waals surface area (Å²) in [6, 6.07) is 18.4. The summed E-state index contributed by atoms with van der Waals surface area (Å²) in [5, 5.41) is 0. The molecule has 1 aromatic heterocycles. The molecule has 6 heteroatoms. The van der Waals surface area contributed by atoms with E-state index in [-0.39, 0.29) is 24.5 Å². The Morgan fingerprint density at radius 1 is 0.971 bits per heavy atom. The second-order valence-electron chi connectivity index (χ2n) is 10.8. The third-order valence-electron chi connectivity index (χ3n) is 8.78. The standard InChI is InChI=1S/C29H35N2O3.ClH/c32-28(29(16-8-1-2-9-17-29)23-10-4-3-5-11-23)34-26-20-31(18-14-22(26)15-19-31)21-27-30-24-12-6-7-13-25(24)33-27;/h3-7,10-13,22,26H,1-2,8-9,14-21H2;1H/q+1;/p-1/t22?,26-,31?;/m0./s1. The normalized spacial score (nSPS) is 27.7. The van der Waals surface area contributed by atoms with Gasteiger partial charge < -0.3 is 26.0 Å². The Morgan fingerprint density at radius 3 is 2.37 bits per heavy atom. The molecule has 2 aromatic carbocycles. The third kappa shape index (κ3) is 4.61. The molecular formula is C29H35ClN2O3. The number of benzene rings is 2. The van der Waals surface area contributed by atoms with Crippen molar-refractivity contribution in [2.75, 3.05) is 19.6 Å². The summed E-state index contributed by atoms with van der Waals surface area (Å²) < 4.78 is 13.5. The highest BCUT2D eigenvalue weighted by atomic mass is 35.5. The smallest absolute Gasteiger partial charge is 0.317 e. The van der Waals surface area contributed by atoms with Gasteiger partial charge in [-0.1, -0.05) is 68.1 Å². The lowest BCUT2D eigenvalue weighted by Crippen LogP contribution is -3.00. The van der Waals surface area contributed by atoms with Gasteiger partial charge in [-0.25, -0.2) is 4.98 Å². The molecule has 0 amide bonds. The summed E-state index contributed by atoms with van der Waals surface area (Å²) >= 11 is 0. The van der Waals surface area contributed by atoms with Crippen LogP contribution in [0.1, 0.15) is 62.8 Å². The number of oxazole rings is 1. The van der Waals surface area contributed by atoms with Crippen molar-refractivity contribution >= 4 is 17.1 Å². The molecule has 0 radical (unpaired) electrons. The molecule has 4 heterocycles. The molecule has 1 aliphatic carbocycles. The Morgan fingerprint density at radius 2 is 1.66 bits per heavy atom. The van der Waals surface area contributed by atoms with E-state index in [0.29, 0.717) is 5.92 Å². The van der Waals surface area contributed by atoms with Crippen LogP contribution < -0.4 is 12.4 Å². The van der Waals surface area contributed by atoms with E-state index >= 15 is 0 Å². The maximum absolute atomic E-state index is 13.9. The number of nitrogens with zero attached hydrogens (tertiary/aromatic N) is 2. The molecule has 3 saturated heterocycles. The first-order valence-corrected chi connectivity index (χ1v) is 13.1. The van der Waals surface area contributed by atoms with Gasteiger partial charge in [0, 0.05) is 18.8 Å². The fourth-order valence-corrected chi connectivity index (χ4v) is 6.80.